The van der Waals surface area contributed by atoms with Crippen LogP contribution < -0.4 is 14.8 Å². The predicted molar refractivity (Wildman–Crippen MR) is 117 cm³/mol. The number of fused-ring (bicyclic) bond motifs is 1. The molecule has 0 saturated heterocycles. The second kappa shape index (κ2) is 10.3. The number of hydrogen-bond acceptors (Lipinski definition) is 3. The highest BCUT2D eigenvalue weighted by molar-refractivity contribution is 5.80. The predicted octanol–water partition coefficient (Wildman–Crippen LogP) is 4.87. The average molecular weight is 396 g/mol. The van der Waals surface area contributed by atoms with Gasteiger partial charge in [-0.25, -0.2) is 0 Å². The van der Waals surface area contributed by atoms with Gasteiger partial charge in [0.25, 0.3) is 5.91 Å². The summed E-state index contributed by atoms with van der Waals surface area (Å²) in [5, 5.41) is 2.98. The van der Waals surface area contributed by atoms with Gasteiger partial charge in [0, 0.05) is 6.54 Å². The second-order valence-electron chi connectivity index (χ2n) is 8.10. The lowest BCUT2D eigenvalue weighted by Gasteiger charge is -2.19. The standard InChI is InChI=1S/C25H33NO3/c1-18(2)28-23-13-10-20(11-14-23)7-6-16-26-25(27)19(3)29-24-15-12-21-8-4-5-9-22(21)17-24/h10-15,17-19H,4-9,16H2,1-3H3,(H,26,27)/t19-/m0/s1. The van der Waals surface area contributed by atoms with Crippen molar-refractivity contribution in [2.24, 2.45) is 0 Å². The summed E-state index contributed by atoms with van der Waals surface area (Å²) in [4.78, 5) is 12.3. The highest BCUT2D eigenvalue weighted by atomic mass is 16.5. The number of carbonyl (C=O) groups is 1. The molecule has 1 amide bonds. The molecule has 0 unspecified atom stereocenters. The Morgan fingerprint density at radius 2 is 1.62 bits per heavy atom. The third kappa shape index (κ3) is 6.52. The van der Waals surface area contributed by atoms with Gasteiger partial charge >= 0.3 is 0 Å². The van der Waals surface area contributed by atoms with Crippen LogP contribution in [0.4, 0.5) is 0 Å². The van der Waals surface area contributed by atoms with Crippen molar-refractivity contribution >= 4 is 5.91 Å². The molecule has 3 rings (SSSR count). The topological polar surface area (TPSA) is 47.6 Å². The molecule has 0 aliphatic heterocycles. The number of amides is 1. The maximum Gasteiger partial charge on any atom is 0.260 e. The lowest BCUT2D eigenvalue weighted by Crippen LogP contribution is -2.37. The van der Waals surface area contributed by atoms with E-state index in [1.807, 2.05) is 39.0 Å². The van der Waals surface area contributed by atoms with Gasteiger partial charge in [0.15, 0.2) is 6.10 Å². The number of carbonyl (C=O) groups excluding carboxylic acids is 1. The van der Waals surface area contributed by atoms with Crippen LogP contribution in [0.3, 0.4) is 0 Å². The molecule has 0 aromatic heterocycles. The summed E-state index contributed by atoms with van der Waals surface area (Å²) in [6, 6.07) is 14.4. The Kier molecular flexibility index (Phi) is 7.56. The zero-order valence-corrected chi connectivity index (χ0v) is 17.9. The summed E-state index contributed by atoms with van der Waals surface area (Å²) in [7, 11) is 0. The average Bonchev–Trinajstić information content (AvgIpc) is 2.71. The monoisotopic (exact) mass is 395 g/mol. The van der Waals surface area contributed by atoms with E-state index in [-0.39, 0.29) is 12.0 Å². The fourth-order valence-corrected chi connectivity index (χ4v) is 3.70. The summed E-state index contributed by atoms with van der Waals surface area (Å²) in [6.07, 6.45) is 6.26. The summed E-state index contributed by atoms with van der Waals surface area (Å²) < 4.78 is 11.5. The molecule has 2 aromatic rings. The van der Waals surface area contributed by atoms with E-state index in [1.165, 1.54) is 29.5 Å². The van der Waals surface area contributed by atoms with Gasteiger partial charge in [-0.05, 0) is 100 Å². The van der Waals surface area contributed by atoms with Crippen LogP contribution in [0.25, 0.3) is 0 Å². The lowest BCUT2D eigenvalue weighted by molar-refractivity contribution is -0.127. The van der Waals surface area contributed by atoms with Crippen molar-refractivity contribution in [1.29, 1.82) is 0 Å². The molecular formula is C25H33NO3. The first-order chi connectivity index (χ1) is 14.0. The summed E-state index contributed by atoms with van der Waals surface area (Å²) >= 11 is 0. The van der Waals surface area contributed by atoms with Crippen molar-refractivity contribution in [3.05, 3.63) is 59.2 Å². The first-order valence-corrected chi connectivity index (χ1v) is 10.8. The van der Waals surface area contributed by atoms with Crippen molar-refractivity contribution in [3.63, 3.8) is 0 Å². The fourth-order valence-electron chi connectivity index (χ4n) is 3.70. The molecule has 0 radical (unpaired) electrons. The van der Waals surface area contributed by atoms with Crippen LogP contribution in [-0.4, -0.2) is 24.7 Å². The highest BCUT2D eigenvalue weighted by Crippen LogP contribution is 2.25. The molecule has 0 fully saturated rings. The fraction of sp³-hybridized carbons (Fsp3) is 0.480. The number of benzene rings is 2. The van der Waals surface area contributed by atoms with Gasteiger partial charge in [-0.2, -0.15) is 0 Å². The van der Waals surface area contributed by atoms with Crippen LogP contribution in [0.2, 0.25) is 0 Å². The third-order valence-electron chi connectivity index (χ3n) is 5.24. The second-order valence-corrected chi connectivity index (χ2v) is 8.10. The Bertz CT molecular complexity index is 798. The smallest absolute Gasteiger partial charge is 0.260 e. The lowest BCUT2D eigenvalue weighted by atomic mass is 9.92. The quantitative estimate of drug-likeness (QED) is 0.616. The molecule has 1 atom stereocenters. The van der Waals surface area contributed by atoms with Gasteiger partial charge in [-0.1, -0.05) is 18.2 Å². The van der Waals surface area contributed by atoms with E-state index in [1.54, 1.807) is 0 Å². The molecule has 0 bridgehead atoms. The summed E-state index contributed by atoms with van der Waals surface area (Å²) in [5.74, 6) is 1.62. The molecule has 1 N–H and O–H groups in total. The first-order valence-electron chi connectivity index (χ1n) is 10.8. The Morgan fingerprint density at radius 3 is 2.34 bits per heavy atom. The number of rotatable bonds is 9. The Morgan fingerprint density at radius 1 is 0.931 bits per heavy atom. The largest absolute Gasteiger partial charge is 0.491 e. The molecular weight excluding hydrogens is 362 g/mol. The van der Waals surface area contributed by atoms with Crippen LogP contribution in [0, 0.1) is 0 Å². The first kappa shape index (κ1) is 21.2. The Hall–Kier alpha value is -2.49. The van der Waals surface area contributed by atoms with Crippen molar-refractivity contribution < 1.29 is 14.3 Å². The van der Waals surface area contributed by atoms with Crippen LogP contribution in [-0.2, 0) is 24.1 Å². The van der Waals surface area contributed by atoms with E-state index < -0.39 is 6.10 Å². The van der Waals surface area contributed by atoms with Gasteiger partial charge in [-0.3, -0.25) is 4.79 Å². The minimum absolute atomic E-state index is 0.0663. The normalized spacial score (nSPS) is 14.2. The SMILES string of the molecule is CC(C)Oc1ccc(CCCNC(=O)[C@H](C)Oc2ccc3c(c2)CCCC3)cc1. The molecule has 0 saturated carbocycles. The van der Waals surface area contributed by atoms with Crippen molar-refractivity contribution in [1.82, 2.24) is 5.32 Å². The van der Waals surface area contributed by atoms with Crippen LogP contribution >= 0.6 is 0 Å². The van der Waals surface area contributed by atoms with Crippen LogP contribution in [0.5, 0.6) is 11.5 Å². The molecule has 156 valence electrons. The van der Waals surface area contributed by atoms with E-state index in [0.717, 1.165) is 37.2 Å². The number of nitrogens with one attached hydrogen (secondary N) is 1. The third-order valence-corrected chi connectivity index (χ3v) is 5.24. The van der Waals surface area contributed by atoms with Gasteiger partial charge in [0.2, 0.25) is 0 Å². The van der Waals surface area contributed by atoms with Gasteiger partial charge in [-0.15, -0.1) is 0 Å². The maximum atomic E-state index is 12.3. The van der Waals surface area contributed by atoms with Gasteiger partial charge < -0.3 is 14.8 Å². The van der Waals surface area contributed by atoms with E-state index in [4.69, 9.17) is 9.47 Å². The highest BCUT2D eigenvalue weighted by Gasteiger charge is 2.16. The molecule has 29 heavy (non-hydrogen) atoms. The maximum absolute atomic E-state index is 12.3. The van der Waals surface area contributed by atoms with Crippen molar-refractivity contribution in [3.8, 4) is 11.5 Å². The molecule has 1 aliphatic carbocycles. The molecule has 4 heteroatoms. The molecule has 2 aromatic carbocycles. The number of ether oxygens (including phenoxy) is 2. The molecule has 0 heterocycles. The Balaban J connectivity index is 1.39. The van der Waals surface area contributed by atoms with Crippen molar-refractivity contribution in [2.75, 3.05) is 6.54 Å². The zero-order chi connectivity index (χ0) is 20.6. The molecule has 1 aliphatic rings. The van der Waals surface area contributed by atoms with E-state index in [9.17, 15) is 4.79 Å². The zero-order valence-electron chi connectivity index (χ0n) is 17.9. The minimum Gasteiger partial charge on any atom is -0.491 e. The number of aryl methyl sites for hydroxylation is 3. The Labute approximate surface area is 174 Å². The molecule has 4 nitrogen and oxygen atoms in total. The minimum atomic E-state index is -0.496. The van der Waals surface area contributed by atoms with Crippen molar-refractivity contribution in [2.45, 2.75) is 71.5 Å². The van der Waals surface area contributed by atoms with E-state index >= 15 is 0 Å². The van der Waals surface area contributed by atoms with Crippen LogP contribution in [0.1, 0.15) is 56.7 Å². The van der Waals surface area contributed by atoms with E-state index in [2.05, 4.69) is 29.6 Å². The van der Waals surface area contributed by atoms with Gasteiger partial charge in [0.05, 0.1) is 6.10 Å². The molecule has 0 spiro atoms. The van der Waals surface area contributed by atoms with Gasteiger partial charge in [0.1, 0.15) is 11.5 Å². The summed E-state index contributed by atoms with van der Waals surface area (Å²) in [5.41, 5.74) is 4.03. The number of hydrogen-bond donors (Lipinski definition) is 1. The summed E-state index contributed by atoms with van der Waals surface area (Å²) in [6.45, 7) is 6.49. The van der Waals surface area contributed by atoms with Crippen LogP contribution in [0.15, 0.2) is 42.5 Å². The van der Waals surface area contributed by atoms with E-state index in [0.29, 0.717) is 6.54 Å².